The van der Waals surface area contributed by atoms with Gasteiger partial charge in [0, 0.05) is 36.8 Å². The molecule has 8 unspecified atom stereocenters. The molecule has 218 valence electrons. The van der Waals surface area contributed by atoms with Gasteiger partial charge < -0.3 is 23.7 Å². The number of rotatable bonds is 6. The van der Waals surface area contributed by atoms with Gasteiger partial charge >= 0.3 is 29.8 Å². The van der Waals surface area contributed by atoms with E-state index in [-0.39, 0.29) is 47.5 Å². The van der Waals surface area contributed by atoms with Crippen molar-refractivity contribution in [2.45, 2.75) is 101 Å². The second-order valence-electron chi connectivity index (χ2n) is 12.8. The summed E-state index contributed by atoms with van der Waals surface area (Å²) in [6.45, 7) is 9.81. The minimum absolute atomic E-state index is 0.0679. The van der Waals surface area contributed by atoms with Crippen molar-refractivity contribution < 1.29 is 47.7 Å². The van der Waals surface area contributed by atoms with E-state index in [1.54, 1.807) is 6.92 Å². The molecule has 4 saturated heterocycles. The van der Waals surface area contributed by atoms with Crippen LogP contribution in [0.5, 0.6) is 0 Å². The smallest absolute Gasteiger partial charge is 0.344 e. The number of hydrogen-bond donors (Lipinski definition) is 0. The van der Waals surface area contributed by atoms with E-state index in [2.05, 4.69) is 13.2 Å². The third-order valence-corrected chi connectivity index (χ3v) is 9.08. The first-order chi connectivity index (χ1) is 18.8. The molecule has 0 spiro atoms. The van der Waals surface area contributed by atoms with Gasteiger partial charge in [-0.25, -0.2) is 14.4 Å². The molecule has 0 radical (unpaired) electrons. The molecular weight excluding hydrogens is 520 g/mol. The fourth-order valence-electron chi connectivity index (χ4n) is 7.80. The Morgan fingerprint density at radius 2 is 1.20 bits per heavy atom. The van der Waals surface area contributed by atoms with Crippen molar-refractivity contribution >= 4 is 29.8 Å². The first-order valence-electron chi connectivity index (χ1n) is 14.2. The van der Waals surface area contributed by atoms with E-state index >= 15 is 0 Å². The predicted molar refractivity (Wildman–Crippen MR) is 138 cm³/mol. The molecule has 0 aromatic carbocycles. The summed E-state index contributed by atoms with van der Waals surface area (Å²) in [6.07, 6.45) is 7.23. The molecule has 4 saturated carbocycles. The maximum atomic E-state index is 12.0. The fraction of sp³-hybridized carbons (Fsp3) is 0.700. The zero-order valence-corrected chi connectivity index (χ0v) is 23.2. The topological polar surface area (TPSA) is 132 Å². The number of hydrogen-bond acceptors (Lipinski definition) is 10. The largest absolute Gasteiger partial charge is 0.462 e. The van der Waals surface area contributed by atoms with Gasteiger partial charge in [0.2, 0.25) is 0 Å². The molecule has 40 heavy (non-hydrogen) atoms. The summed E-state index contributed by atoms with van der Waals surface area (Å²) >= 11 is 0. The average Bonchev–Trinajstić information content (AvgIpc) is 3.12. The standard InChI is InChI=1S/C16H20O6.C14H18O4/c1-9(2)14(18)20-8-13(17)22-16-5-10-3-11(6-16)15(19)21-12(4-10)7-16;1-8(2)12(15)18-14-5-9-3-10(6-14)13(16)17-11(4-9)7-14/h10-12H,1,3-8H2,2H3;9-11H,1,3-7H2,2H3. The zero-order valence-electron chi connectivity index (χ0n) is 23.2. The zero-order chi connectivity index (χ0) is 28.8. The van der Waals surface area contributed by atoms with Crippen molar-refractivity contribution in [3.05, 3.63) is 24.3 Å². The van der Waals surface area contributed by atoms with Crippen molar-refractivity contribution in [2.24, 2.45) is 23.7 Å². The second kappa shape index (κ2) is 10.7. The van der Waals surface area contributed by atoms with E-state index in [9.17, 15) is 24.0 Å². The Kier molecular flexibility index (Phi) is 7.56. The summed E-state index contributed by atoms with van der Waals surface area (Å²) in [5.74, 6) is -1.27. The molecule has 0 aromatic rings. The molecule has 8 fully saturated rings. The second-order valence-corrected chi connectivity index (χ2v) is 12.8. The van der Waals surface area contributed by atoms with Gasteiger partial charge in [0.25, 0.3) is 0 Å². The third kappa shape index (κ3) is 5.95. The van der Waals surface area contributed by atoms with Crippen LogP contribution >= 0.6 is 0 Å². The summed E-state index contributed by atoms with van der Waals surface area (Å²) in [4.78, 5) is 58.9. The molecule has 0 aromatic heterocycles. The monoisotopic (exact) mass is 558 g/mol. The fourth-order valence-corrected chi connectivity index (χ4v) is 7.80. The number of ether oxygens (including phenoxy) is 5. The van der Waals surface area contributed by atoms with Gasteiger partial charge in [-0.2, -0.15) is 0 Å². The van der Waals surface area contributed by atoms with Crippen LogP contribution in [0.4, 0.5) is 0 Å². The van der Waals surface area contributed by atoms with Gasteiger partial charge in [-0.1, -0.05) is 13.2 Å². The Morgan fingerprint density at radius 1 is 0.725 bits per heavy atom. The van der Waals surface area contributed by atoms with Crippen molar-refractivity contribution in [3.63, 3.8) is 0 Å². The predicted octanol–water partition coefficient (Wildman–Crippen LogP) is 3.50. The molecule has 10 nitrogen and oxygen atoms in total. The average molecular weight is 559 g/mol. The van der Waals surface area contributed by atoms with E-state index < -0.39 is 29.7 Å². The SMILES string of the molecule is C=C(C)C(=O)OC12CC3CC(C1)OC(=O)C(C3)C2.C=C(C)C(=O)OCC(=O)OC12CC3CC(C1)OC(=O)C(C3)C2. The van der Waals surface area contributed by atoms with Crippen LogP contribution in [-0.2, 0) is 47.7 Å². The highest BCUT2D eigenvalue weighted by Gasteiger charge is 2.56. The van der Waals surface area contributed by atoms with Crippen molar-refractivity contribution in [1.82, 2.24) is 0 Å². The van der Waals surface area contributed by atoms with Crippen LogP contribution in [0.25, 0.3) is 0 Å². The quantitative estimate of drug-likeness (QED) is 0.271. The number of fused-ring (bicyclic) bond motifs is 2. The summed E-state index contributed by atoms with van der Waals surface area (Å²) in [5, 5.41) is 0. The lowest BCUT2D eigenvalue weighted by Crippen LogP contribution is -2.48. The molecule has 8 bridgehead atoms. The van der Waals surface area contributed by atoms with Crippen LogP contribution in [-0.4, -0.2) is 59.9 Å². The Balaban J connectivity index is 0.000000164. The van der Waals surface area contributed by atoms with Crippen LogP contribution in [0.3, 0.4) is 0 Å². The highest BCUT2D eigenvalue weighted by atomic mass is 16.6. The maximum absolute atomic E-state index is 12.0. The Hall–Kier alpha value is -3.17. The highest BCUT2D eigenvalue weighted by Crippen LogP contribution is 2.52. The summed E-state index contributed by atoms with van der Waals surface area (Å²) in [6, 6.07) is 0. The molecule has 4 aliphatic carbocycles. The lowest BCUT2D eigenvalue weighted by atomic mass is 9.65. The minimum atomic E-state index is -0.643. The summed E-state index contributed by atoms with van der Waals surface area (Å²) < 4.78 is 27.0. The van der Waals surface area contributed by atoms with Gasteiger partial charge in [0.1, 0.15) is 23.4 Å². The molecule has 10 heteroatoms. The van der Waals surface area contributed by atoms with Crippen molar-refractivity contribution in [2.75, 3.05) is 6.61 Å². The molecule has 8 atom stereocenters. The maximum Gasteiger partial charge on any atom is 0.344 e. The number of carbonyl (C=O) groups excluding carboxylic acids is 5. The normalized spacial score (nSPS) is 38.0. The van der Waals surface area contributed by atoms with E-state index in [4.69, 9.17) is 23.7 Å². The lowest BCUT2D eigenvalue weighted by Gasteiger charge is -2.45. The molecule has 0 amide bonds. The van der Waals surface area contributed by atoms with Crippen LogP contribution in [0.1, 0.15) is 78.1 Å². The third-order valence-electron chi connectivity index (χ3n) is 9.08. The van der Waals surface area contributed by atoms with Gasteiger partial charge in [-0.3, -0.25) is 9.59 Å². The summed E-state index contributed by atoms with van der Waals surface area (Å²) in [5.41, 5.74) is -0.483. The van der Waals surface area contributed by atoms with Gasteiger partial charge in [0.05, 0.1) is 11.8 Å². The van der Waals surface area contributed by atoms with E-state index in [1.165, 1.54) is 6.92 Å². The van der Waals surface area contributed by atoms with Crippen LogP contribution < -0.4 is 0 Å². The summed E-state index contributed by atoms with van der Waals surface area (Å²) in [7, 11) is 0. The Labute approximate surface area is 233 Å². The van der Waals surface area contributed by atoms with Crippen LogP contribution in [0, 0.1) is 23.7 Å². The van der Waals surface area contributed by atoms with E-state index in [1.807, 2.05) is 0 Å². The lowest BCUT2D eigenvalue weighted by molar-refractivity contribution is -0.180. The molecule has 8 rings (SSSR count). The molecule has 4 heterocycles. The van der Waals surface area contributed by atoms with E-state index in [0.717, 1.165) is 38.5 Å². The first kappa shape index (κ1) is 28.4. The number of carbonyl (C=O) groups is 5. The Morgan fingerprint density at radius 3 is 1.68 bits per heavy atom. The van der Waals surface area contributed by atoms with E-state index in [0.29, 0.717) is 43.1 Å². The molecule has 8 aliphatic rings. The van der Waals surface area contributed by atoms with Gasteiger partial charge in [-0.05, 0) is 64.2 Å². The van der Waals surface area contributed by atoms with Crippen LogP contribution in [0.2, 0.25) is 0 Å². The van der Waals surface area contributed by atoms with Crippen LogP contribution in [0.15, 0.2) is 24.3 Å². The Bertz CT molecular complexity index is 1140. The van der Waals surface area contributed by atoms with Crippen molar-refractivity contribution in [1.29, 1.82) is 0 Å². The number of esters is 5. The molecule has 0 N–H and O–H groups in total. The minimum Gasteiger partial charge on any atom is -0.462 e. The molecular formula is C30H38O10. The van der Waals surface area contributed by atoms with Gasteiger partial charge in [-0.15, -0.1) is 0 Å². The van der Waals surface area contributed by atoms with Gasteiger partial charge in [0.15, 0.2) is 6.61 Å². The molecule has 4 aliphatic heterocycles. The first-order valence-corrected chi connectivity index (χ1v) is 14.2. The highest BCUT2D eigenvalue weighted by molar-refractivity contribution is 5.88. The van der Waals surface area contributed by atoms with Crippen molar-refractivity contribution in [3.8, 4) is 0 Å².